The molecule has 0 amide bonds. The largest absolute Gasteiger partial charge is 0.481 e. The zero-order valence-corrected chi connectivity index (χ0v) is 15.6. The second-order valence-corrected chi connectivity index (χ2v) is 5.75. The molecule has 0 spiro atoms. The maximum Gasteiger partial charge on any atom is 0.303 e. The average molecular weight is 360 g/mol. The highest BCUT2D eigenvalue weighted by molar-refractivity contribution is 5.66. The molecule has 0 aromatic rings. The van der Waals surface area contributed by atoms with Crippen molar-refractivity contribution in [3.8, 4) is 0 Å². The first-order valence-electron chi connectivity index (χ1n) is 9.10. The van der Waals surface area contributed by atoms with E-state index in [1.54, 1.807) is 48.6 Å². The Morgan fingerprint density at radius 3 is 1.88 bits per heavy atom. The van der Waals surface area contributed by atoms with Gasteiger partial charge in [-0.25, -0.2) is 0 Å². The molecule has 0 rings (SSSR count). The molecule has 0 fully saturated rings. The standard InChI is InChI=1S/C22H32O4/c1-2-3-4-5-6-10-15-20(23)16-11-7-8-12-17-21(24)18-13-9-14-19-22(25)26/h3-4,6-13,16-17,20-21,23-24H,2,5,14-15,18-19H2,1H3,(H,25,26)/b4-3-,8-7+,10-6-,13-9-,16-11-,17-12+/t20-,21+/m0/s1. The van der Waals surface area contributed by atoms with Crippen LogP contribution < -0.4 is 0 Å². The van der Waals surface area contributed by atoms with Crippen LogP contribution in [0.1, 0.15) is 45.4 Å². The lowest BCUT2D eigenvalue weighted by atomic mass is 10.2. The predicted molar refractivity (Wildman–Crippen MR) is 108 cm³/mol. The van der Waals surface area contributed by atoms with E-state index in [4.69, 9.17) is 5.11 Å². The summed E-state index contributed by atoms with van der Waals surface area (Å²) < 4.78 is 0. The van der Waals surface area contributed by atoms with Crippen LogP contribution in [0.5, 0.6) is 0 Å². The first-order valence-corrected chi connectivity index (χ1v) is 9.10. The maximum absolute atomic E-state index is 10.3. The van der Waals surface area contributed by atoms with Gasteiger partial charge in [0.05, 0.1) is 12.2 Å². The smallest absolute Gasteiger partial charge is 0.303 e. The van der Waals surface area contributed by atoms with Crippen molar-refractivity contribution in [2.45, 2.75) is 57.7 Å². The molecule has 0 radical (unpaired) electrons. The Balaban J connectivity index is 3.91. The van der Waals surface area contributed by atoms with E-state index in [9.17, 15) is 15.0 Å². The van der Waals surface area contributed by atoms with Gasteiger partial charge in [0.2, 0.25) is 0 Å². The number of hydrogen-bond donors (Lipinski definition) is 3. The fraction of sp³-hybridized carbons (Fsp3) is 0.409. The van der Waals surface area contributed by atoms with Crippen LogP contribution in [0.25, 0.3) is 0 Å². The fourth-order valence-electron chi connectivity index (χ4n) is 1.90. The number of aliphatic hydroxyl groups excluding tert-OH is 2. The molecular weight excluding hydrogens is 328 g/mol. The van der Waals surface area contributed by atoms with Crippen LogP contribution in [0.4, 0.5) is 0 Å². The van der Waals surface area contributed by atoms with Gasteiger partial charge in [-0.15, -0.1) is 0 Å². The number of carboxylic acid groups (broad SMARTS) is 1. The maximum atomic E-state index is 10.3. The van der Waals surface area contributed by atoms with Crippen molar-refractivity contribution in [2.24, 2.45) is 0 Å². The van der Waals surface area contributed by atoms with E-state index in [0.29, 0.717) is 19.3 Å². The summed E-state index contributed by atoms with van der Waals surface area (Å²) in [5.41, 5.74) is 0. The Morgan fingerprint density at radius 1 is 0.808 bits per heavy atom. The average Bonchev–Trinajstić information content (AvgIpc) is 2.60. The van der Waals surface area contributed by atoms with E-state index in [1.165, 1.54) is 0 Å². The molecule has 2 atom stereocenters. The Labute approximate surface area is 157 Å². The van der Waals surface area contributed by atoms with Gasteiger partial charge in [0.1, 0.15) is 0 Å². The van der Waals surface area contributed by atoms with Crippen molar-refractivity contribution < 1.29 is 20.1 Å². The number of carbonyl (C=O) groups is 1. The van der Waals surface area contributed by atoms with E-state index in [0.717, 1.165) is 12.8 Å². The van der Waals surface area contributed by atoms with Gasteiger partial charge in [0.25, 0.3) is 0 Å². The minimum Gasteiger partial charge on any atom is -0.481 e. The Kier molecular flexibility index (Phi) is 16.2. The van der Waals surface area contributed by atoms with Crippen LogP contribution in [-0.4, -0.2) is 33.5 Å². The second kappa shape index (κ2) is 17.6. The summed E-state index contributed by atoms with van der Waals surface area (Å²) >= 11 is 0. The van der Waals surface area contributed by atoms with E-state index < -0.39 is 18.2 Å². The van der Waals surface area contributed by atoms with Gasteiger partial charge in [-0.1, -0.05) is 79.8 Å². The van der Waals surface area contributed by atoms with Gasteiger partial charge in [-0.05, 0) is 32.1 Å². The van der Waals surface area contributed by atoms with Crippen LogP contribution in [0.2, 0.25) is 0 Å². The highest BCUT2D eigenvalue weighted by Crippen LogP contribution is 2.00. The zero-order valence-electron chi connectivity index (χ0n) is 15.6. The lowest BCUT2D eigenvalue weighted by Gasteiger charge is -1.99. The second-order valence-electron chi connectivity index (χ2n) is 5.75. The van der Waals surface area contributed by atoms with Crippen molar-refractivity contribution in [2.75, 3.05) is 0 Å². The third-order valence-electron chi connectivity index (χ3n) is 3.29. The van der Waals surface area contributed by atoms with E-state index >= 15 is 0 Å². The van der Waals surface area contributed by atoms with Gasteiger partial charge in [-0.2, -0.15) is 0 Å². The van der Waals surface area contributed by atoms with Crippen molar-refractivity contribution >= 4 is 5.97 Å². The van der Waals surface area contributed by atoms with Crippen LogP contribution in [0.3, 0.4) is 0 Å². The highest BCUT2D eigenvalue weighted by Gasteiger charge is 1.95. The van der Waals surface area contributed by atoms with Crippen LogP contribution >= 0.6 is 0 Å². The van der Waals surface area contributed by atoms with Crippen molar-refractivity contribution in [3.05, 3.63) is 72.9 Å². The van der Waals surface area contributed by atoms with E-state index in [1.807, 2.05) is 12.2 Å². The molecular formula is C22H32O4. The van der Waals surface area contributed by atoms with Gasteiger partial charge in [-0.3, -0.25) is 4.79 Å². The molecule has 0 saturated carbocycles. The molecule has 0 unspecified atom stereocenters. The van der Waals surface area contributed by atoms with Gasteiger partial charge >= 0.3 is 5.97 Å². The van der Waals surface area contributed by atoms with E-state index in [-0.39, 0.29) is 6.42 Å². The first kappa shape index (κ1) is 23.8. The summed E-state index contributed by atoms with van der Waals surface area (Å²) in [5.74, 6) is -0.821. The molecule has 0 aliphatic carbocycles. The third kappa shape index (κ3) is 18.2. The zero-order chi connectivity index (χ0) is 19.5. The molecule has 0 aromatic carbocycles. The lowest BCUT2D eigenvalue weighted by Crippen LogP contribution is -1.99. The van der Waals surface area contributed by atoms with Crippen molar-refractivity contribution in [1.29, 1.82) is 0 Å². The summed E-state index contributed by atoms with van der Waals surface area (Å²) in [7, 11) is 0. The number of rotatable bonds is 14. The predicted octanol–water partition coefficient (Wildman–Crippen LogP) is 4.49. The normalized spacial score (nSPS) is 15.5. The minimum absolute atomic E-state index is 0.106. The van der Waals surface area contributed by atoms with Gasteiger partial charge in [0, 0.05) is 6.42 Å². The molecule has 0 heterocycles. The molecule has 0 saturated heterocycles. The Hall–Kier alpha value is -2.17. The van der Waals surface area contributed by atoms with Gasteiger partial charge in [0.15, 0.2) is 0 Å². The monoisotopic (exact) mass is 360 g/mol. The molecule has 0 aromatic heterocycles. The SMILES string of the molecule is CC/C=C\C/C=C\C[C@H](O)\C=C/C=C/C=C/[C@@H](O)C/C=C\CCC(=O)O. The van der Waals surface area contributed by atoms with Crippen LogP contribution in [0, 0.1) is 0 Å². The summed E-state index contributed by atoms with van der Waals surface area (Å²) in [5, 5.41) is 28.0. The molecule has 144 valence electrons. The third-order valence-corrected chi connectivity index (χ3v) is 3.29. The van der Waals surface area contributed by atoms with Crippen molar-refractivity contribution in [1.82, 2.24) is 0 Å². The highest BCUT2D eigenvalue weighted by atomic mass is 16.4. The lowest BCUT2D eigenvalue weighted by molar-refractivity contribution is -0.136. The molecule has 0 aliphatic heterocycles. The topological polar surface area (TPSA) is 77.8 Å². The first-order chi connectivity index (χ1) is 12.6. The van der Waals surface area contributed by atoms with E-state index in [2.05, 4.69) is 19.1 Å². The van der Waals surface area contributed by atoms with Crippen LogP contribution in [0.15, 0.2) is 72.9 Å². The molecule has 26 heavy (non-hydrogen) atoms. The number of carboxylic acids is 1. The van der Waals surface area contributed by atoms with Crippen LogP contribution in [-0.2, 0) is 4.79 Å². The number of aliphatic hydroxyl groups is 2. The quantitative estimate of drug-likeness (QED) is 0.315. The fourth-order valence-corrected chi connectivity index (χ4v) is 1.90. The molecule has 4 heteroatoms. The number of aliphatic carboxylic acids is 1. The summed E-state index contributed by atoms with van der Waals surface area (Å²) in [4.78, 5) is 10.3. The summed E-state index contributed by atoms with van der Waals surface area (Å²) in [6.45, 7) is 2.10. The molecule has 0 aliphatic rings. The molecule has 4 nitrogen and oxygen atoms in total. The molecule has 0 bridgehead atoms. The Bertz CT molecular complexity index is 524. The summed E-state index contributed by atoms with van der Waals surface area (Å²) in [6.07, 6.45) is 24.7. The minimum atomic E-state index is -0.821. The number of hydrogen-bond acceptors (Lipinski definition) is 3. The summed E-state index contributed by atoms with van der Waals surface area (Å²) in [6, 6.07) is 0. The van der Waals surface area contributed by atoms with Gasteiger partial charge < -0.3 is 15.3 Å². The van der Waals surface area contributed by atoms with Crippen molar-refractivity contribution in [3.63, 3.8) is 0 Å². The Morgan fingerprint density at radius 2 is 1.35 bits per heavy atom. The number of allylic oxidation sites excluding steroid dienone is 8. The molecule has 3 N–H and O–H groups in total.